The van der Waals surface area contributed by atoms with Crippen LogP contribution in [0.25, 0.3) is 98.5 Å². The predicted molar refractivity (Wildman–Crippen MR) is 437 cm³/mol. The minimum atomic E-state index is -0.247. The topological polar surface area (TPSA) is 183 Å². The number of aromatic nitrogens is 6. The molecule has 0 radical (unpaired) electrons. The van der Waals surface area contributed by atoms with Gasteiger partial charge >= 0.3 is 0 Å². The molecule has 111 heavy (non-hydrogen) atoms. The van der Waals surface area contributed by atoms with E-state index in [1.165, 1.54) is 61.0 Å². The molecule has 3 aliphatic carbocycles. The molecular weight excluding hydrogens is 1380 g/mol. The van der Waals surface area contributed by atoms with E-state index in [0.29, 0.717) is 92.1 Å². The first-order chi connectivity index (χ1) is 53.7. The van der Waals surface area contributed by atoms with Gasteiger partial charge in [0, 0.05) is 89.0 Å². The van der Waals surface area contributed by atoms with Crippen LogP contribution in [0.1, 0.15) is 202 Å². The lowest BCUT2D eigenvalue weighted by Gasteiger charge is -2.49. The highest BCUT2D eigenvalue weighted by molar-refractivity contribution is 6.16. The molecule has 0 amide bonds. The number of carbonyl (C=O) groups is 3. The lowest BCUT2D eigenvalue weighted by atomic mass is 9.64. The van der Waals surface area contributed by atoms with Gasteiger partial charge in [-0.25, -0.2) is 29.9 Å². The number of nitrogens with zero attached hydrogens (tertiary/aromatic N) is 6. The van der Waals surface area contributed by atoms with E-state index in [1.54, 1.807) is 12.1 Å². The largest absolute Gasteiger partial charge is 0.487 e. The van der Waals surface area contributed by atoms with Crippen LogP contribution in [-0.2, 0) is 0 Å². The number of rotatable bonds is 5. The molecule has 21 rings (SSSR count). The minimum Gasteiger partial charge on any atom is -0.487 e. The molecule has 0 spiro atoms. The maximum Gasteiger partial charge on any atom is 0.236 e. The van der Waals surface area contributed by atoms with Gasteiger partial charge in [-0.1, -0.05) is 137 Å². The average Bonchev–Trinajstić information content (AvgIpc) is 0.787. The van der Waals surface area contributed by atoms with E-state index in [-0.39, 0.29) is 34.2 Å². The van der Waals surface area contributed by atoms with Crippen molar-refractivity contribution in [1.29, 1.82) is 0 Å². The summed E-state index contributed by atoms with van der Waals surface area (Å²) in [5, 5.41) is 6.38. The molecule has 0 N–H and O–H groups in total. The third kappa shape index (κ3) is 12.0. The Morgan fingerprint density at radius 3 is 1.05 bits per heavy atom. The molecule has 0 unspecified atom stereocenters. The number of furan rings is 2. The molecule has 10 aromatic carbocycles. The molecule has 0 bridgehead atoms. The second-order valence-electron chi connectivity index (χ2n) is 33.9. The third-order valence-electron chi connectivity index (χ3n) is 25.4. The van der Waals surface area contributed by atoms with Gasteiger partial charge in [0.15, 0.2) is 11.6 Å². The van der Waals surface area contributed by atoms with E-state index in [0.717, 1.165) is 149 Å². The number of hydrogen-bond donors (Lipinski definition) is 0. The van der Waals surface area contributed by atoms with Gasteiger partial charge in [0.05, 0.1) is 89.9 Å². The van der Waals surface area contributed by atoms with Crippen LogP contribution in [0.15, 0.2) is 204 Å². The molecule has 3 fully saturated rings. The first-order valence-electron chi connectivity index (χ1n) is 39.5. The van der Waals surface area contributed by atoms with Crippen molar-refractivity contribution in [3.05, 3.63) is 245 Å². The van der Waals surface area contributed by atoms with Crippen molar-refractivity contribution in [2.45, 2.75) is 155 Å². The van der Waals surface area contributed by atoms with E-state index in [1.807, 2.05) is 103 Å². The van der Waals surface area contributed by atoms with Crippen molar-refractivity contribution in [2.75, 3.05) is 0 Å². The number of benzene rings is 10. The first-order valence-corrected chi connectivity index (χ1v) is 39.5. The number of Topliss-reactive ketones (excluding diaryl/α,β-unsaturated/α-hetero) is 1. The summed E-state index contributed by atoms with van der Waals surface area (Å²) >= 11 is 0. The Hall–Kier alpha value is -11.7. The van der Waals surface area contributed by atoms with Crippen molar-refractivity contribution in [3.63, 3.8) is 0 Å². The summed E-state index contributed by atoms with van der Waals surface area (Å²) in [5.74, 6) is 12.6. The van der Waals surface area contributed by atoms with E-state index in [2.05, 4.69) is 129 Å². The fourth-order valence-electron chi connectivity index (χ4n) is 20.0. The smallest absolute Gasteiger partial charge is 0.236 e. The van der Waals surface area contributed by atoms with Crippen LogP contribution in [0.5, 0.6) is 17.2 Å². The van der Waals surface area contributed by atoms with Crippen LogP contribution < -0.4 is 14.2 Å². The normalized spacial score (nSPS) is 22.3. The summed E-state index contributed by atoms with van der Waals surface area (Å²) in [4.78, 5) is 69.9. The summed E-state index contributed by atoms with van der Waals surface area (Å²) in [6, 6.07) is 54.7. The number of fused-ring (bicyclic) bond motifs is 27. The Balaban J connectivity index is 0.000000113. The van der Waals surface area contributed by atoms with Crippen molar-refractivity contribution >= 4 is 116 Å². The van der Waals surface area contributed by atoms with Crippen LogP contribution >= 0.6 is 0 Å². The van der Waals surface area contributed by atoms with Crippen LogP contribution in [0.4, 0.5) is 0 Å². The Morgan fingerprint density at radius 1 is 0.351 bits per heavy atom. The van der Waals surface area contributed by atoms with Gasteiger partial charge in [-0.3, -0.25) is 14.4 Å². The van der Waals surface area contributed by atoms with Crippen molar-refractivity contribution < 1.29 is 37.4 Å². The standard InChI is InChI=1S/C35H30N2O2.2C31H28N2O3/c1-21-13-16-27-26(19-21)31-33-32(24-11-7-8-12-25(24)34(31)39-35(27,2)3)37-29-20-23(15-17-28(29)36-33)30(38)18-14-22-9-5-4-6-10-22;1-17-8-10-23-22(14-17)26-28-27(20-6-4-5-7-21(20)30(26)36-31(23,2)3)33-25-15-18(9-11-24(25)32-28)29(34)19-12-13-35-16-19;1-17-8-10-23-22(14-17)26-28-27(20-6-4-5-7-21(20)30(26)36-31(23,2)3)32-24-11-9-18(15-25(24)33-28)29(34)19-12-13-35-16-19/h4-12,15,17,20-21,26-27H,13,16,19H2,1-3H3;2*4-7,9,11-13,15-17,22-23H,8,10,14H2,1-3H3/t21-,26-,27-;2*17-,22-,23-/m000/s1. The maximum absolute atomic E-state index is 13.0. The Labute approximate surface area is 643 Å². The van der Waals surface area contributed by atoms with Gasteiger partial charge in [-0.15, -0.1) is 0 Å². The van der Waals surface area contributed by atoms with Gasteiger partial charge in [0.2, 0.25) is 5.78 Å². The van der Waals surface area contributed by atoms with E-state index < -0.39 is 0 Å². The molecule has 8 heterocycles. The summed E-state index contributed by atoms with van der Waals surface area (Å²) in [6.07, 6.45) is 16.5. The Bertz CT molecular complexity index is 6410. The number of ether oxygens (including phenoxy) is 3. The third-order valence-corrected chi connectivity index (χ3v) is 25.4. The van der Waals surface area contributed by atoms with Crippen LogP contribution in [0, 0.1) is 47.3 Å². The molecule has 552 valence electrons. The van der Waals surface area contributed by atoms with E-state index in [9.17, 15) is 14.4 Å². The maximum atomic E-state index is 13.0. The number of hydrogen-bond acceptors (Lipinski definition) is 14. The van der Waals surface area contributed by atoms with Gasteiger partial charge in [0.1, 0.15) is 46.6 Å². The highest BCUT2D eigenvalue weighted by atomic mass is 16.5. The van der Waals surface area contributed by atoms with Crippen LogP contribution in [0.2, 0.25) is 0 Å². The summed E-state index contributed by atoms with van der Waals surface area (Å²) < 4.78 is 30.7. The molecule has 3 saturated carbocycles. The molecule has 6 aliphatic rings. The monoisotopic (exact) mass is 1460 g/mol. The molecule has 5 aromatic heterocycles. The first kappa shape index (κ1) is 69.7. The molecular formula is C97H86N6O8. The van der Waals surface area contributed by atoms with Crippen molar-refractivity contribution in [1.82, 2.24) is 29.9 Å². The molecule has 3 aliphatic heterocycles. The Kier molecular flexibility index (Phi) is 16.9. The second kappa shape index (κ2) is 26.8. The lowest BCUT2D eigenvalue weighted by Crippen LogP contribution is -2.46. The zero-order valence-corrected chi connectivity index (χ0v) is 64.0. The van der Waals surface area contributed by atoms with E-state index >= 15 is 0 Å². The molecule has 0 saturated heterocycles. The molecule has 14 heteroatoms. The highest BCUT2D eigenvalue weighted by Gasteiger charge is 2.51. The SMILES string of the molecule is C[C@H]1CC[C@H]2[C@H](C1)c1c(c3ccccc3c3nc4cc(C(=O)C#Cc5ccccc5)ccc4nc13)OC2(C)C.C[C@H]1CC[C@H]2[C@H](C1)c1c(c3ccccc3c3nc4cc(C(=O)c5ccoc5)ccc4nc13)OC2(C)C.C[C@H]1CC[C@H]2[C@H](C1)c1c(c3ccccc3c3nc4ccc(C(=O)c5ccoc5)cc4nc13)OC2(C)C. The highest BCUT2D eigenvalue weighted by Crippen LogP contribution is 2.60. The van der Waals surface area contributed by atoms with Gasteiger partial charge in [-0.05, 0) is 200 Å². The van der Waals surface area contributed by atoms with Crippen molar-refractivity contribution in [3.8, 4) is 29.1 Å². The van der Waals surface area contributed by atoms with Gasteiger partial charge in [-0.2, -0.15) is 0 Å². The Morgan fingerprint density at radius 2 is 0.676 bits per heavy atom. The fraction of sp³-hybridized carbons (Fsp3) is 0.309. The number of ketones is 3. The van der Waals surface area contributed by atoms with Crippen LogP contribution in [-0.4, -0.2) is 64.1 Å². The summed E-state index contributed by atoms with van der Waals surface area (Å²) in [6.45, 7) is 20.5. The summed E-state index contributed by atoms with van der Waals surface area (Å²) in [5.41, 5.74) is 16.4. The quantitative estimate of drug-likeness (QED) is 0.0686. The second-order valence-corrected chi connectivity index (χ2v) is 33.9. The van der Waals surface area contributed by atoms with Crippen molar-refractivity contribution in [2.24, 2.45) is 35.5 Å². The minimum absolute atomic E-state index is 0.0839. The zero-order chi connectivity index (χ0) is 75.9. The summed E-state index contributed by atoms with van der Waals surface area (Å²) in [7, 11) is 0. The predicted octanol–water partition coefficient (Wildman–Crippen LogP) is 22.8. The average molecular weight is 1460 g/mol. The fourth-order valence-corrected chi connectivity index (χ4v) is 20.0. The van der Waals surface area contributed by atoms with Gasteiger partial charge in [0.25, 0.3) is 0 Å². The van der Waals surface area contributed by atoms with Crippen LogP contribution in [0.3, 0.4) is 0 Å². The molecule has 14 nitrogen and oxygen atoms in total. The lowest BCUT2D eigenvalue weighted by molar-refractivity contribution is -0.0118. The molecule has 15 aromatic rings. The van der Waals surface area contributed by atoms with E-state index in [4.69, 9.17) is 52.9 Å². The number of carbonyl (C=O) groups excluding carboxylic acids is 3. The van der Waals surface area contributed by atoms with Gasteiger partial charge < -0.3 is 23.0 Å². The molecule has 9 atom stereocenters. The zero-order valence-electron chi connectivity index (χ0n) is 64.0.